The van der Waals surface area contributed by atoms with Gasteiger partial charge in [0.2, 0.25) is 0 Å². The molecule has 1 aliphatic rings. The summed E-state index contributed by atoms with van der Waals surface area (Å²) in [5, 5.41) is 3.18. The van der Waals surface area contributed by atoms with E-state index in [1.165, 1.54) is 0 Å². The van der Waals surface area contributed by atoms with Gasteiger partial charge in [-0.05, 0) is 6.92 Å². The van der Waals surface area contributed by atoms with Crippen LogP contribution in [0, 0.1) is 0 Å². The molecule has 0 amide bonds. The fourth-order valence-electron chi connectivity index (χ4n) is 0.737. The van der Waals surface area contributed by atoms with E-state index in [2.05, 4.69) is 12.2 Å². The molecule has 0 radical (unpaired) electrons. The number of hydrogen-bond donors (Lipinski definition) is 1. The molecule has 2 heteroatoms. The molecule has 1 saturated heterocycles. The van der Waals surface area contributed by atoms with Crippen molar-refractivity contribution in [1.82, 2.24) is 5.32 Å². The zero-order valence-corrected chi connectivity index (χ0v) is 4.77. The topological polar surface area (TPSA) is 21.3 Å². The molecule has 1 N–H and O–H groups in total. The van der Waals surface area contributed by atoms with Gasteiger partial charge in [0.1, 0.15) is 0 Å². The Morgan fingerprint density at radius 2 is 2.43 bits per heavy atom. The molecule has 2 nitrogen and oxygen atoms in total. The monoisotopic (exact) mass is 101 g/mol. The minimum Gasteiger partial charge on any atom is -0.379 e. The van der Waals surface area contributed by atoms with Crippen molar-refractivity contribution >= 4 is 0 Å². The van der Waals surface area contributed by atoms with E-state index in [0.29, 0.717) is 12.1 Å². The number of nitrogens with one attached hydrogen (secondary N) is 1. The Morgan fingerprint density at radius 3 is 2.43 bits per heavy atom. The highest BCUT2D eigenvalue weighted by Crippen LogP contribution is 2.04. The van der Waals surface area contributed by atoms with Gasteiger partial charge in [0.05, 0.1) is 6.10 Å². The second-order valence-corrected chi connectivity index (χ2v) is 1.97. The third-order valence-electron chi connectivity index (χ3n) is 1.50. The Morgan fingerprint density at radius 1 is 1.71 bits per heavy atom. The second kappa shape index (κ2) is 1.80. The van der Waals surface area contributed by atoms with Crippen LogP contribution in [-0.2, 0) is 4.74 Å². The van der Waals surface area contributed by atoms with Gasteiger partial charge in [-0.15, -0.1) is 0 Å². The summed E-state index contributed by atoms with van der Waals surface area (Å²) in [6.45, 7) is 3.15. The highest BCUT2D eigenvalue weighted by molar-refractivity contribution is 4.84. The molecule has 1 fully saturated rings. The minimum atomic E-state index is 0.472. The maximum atomic E-state index is 5.04. The van der Waals surface area contributed by atoms with Gasteiger partial charge in [-0.3, -0.25) is 0 Å². The summed E-state index contributed by atoms with van der Waals surface area (Å²) in [5.41, 5.74) is 0. The molecule has 42 valence electrons. The van der Waals surface area contributed by atoms with Crippen molar-refractivity contribution < 1.29 is 4.74 Å². The molecule has 0 aliphatic carbocycles. The van der Waals surface area contributed by atoms with E-state index in [9.17, 15) is 0 Å². The first-order valence-corrected chi connectivity index (χ1v) is 2.61. The van der Waals surface area contributed by atoms with Gasteiger partial charge in [0.15, 0.2) is 0 Å². The van der Waals surface area contributed by atoms with Crippen LogP contribution in [0.25, 0.3) is 0 Å². The lowest BCUT2D eigenvalue weighted by Crippen LogP contribution is -2.56. The summed E-state index contributed by atoms with van der Waals surface area (Å²) in [5.74, 6) is 0. The average Bonchev–Trinajstić information content (AvgIpc) is 1.65. The summed E-state index contributed by atoms with van der Waals surface area (Å²) >= 11 is 0. The molecule has 1 aliphatic heterocycles. The lowest BCUT2D eigenvalue weighted by Gasteiger charge is -2.33. The Hall–Kier alpha value is -0.0800. The van der Waals surface area contributed by atoms with Gasteiger partial charge >= 0.3 is 0 Å². The Bertz CT molecular complexity index is 63.1. The quantitative estimate of drug-likeness (QED) is 0.501. The molecule has 7 heavy (non-hydrogen) atoms. The summed E-state index contributed by atoms with van der Waals surface area (Å²) in [6.07, 6.45) is 0.472. The molecule has 2 atom stereocenters. The Labute approximate surface area is 43.9 Å². The SMILES string of the molecule is CO[C@H]1CN[C@@H]1C. The summed E-state index contributed by atoms with van der Waals surface area (Å²) in [4.78, 5) is 0. The second-order valence-electron chi connectivity index (χ2n) is 1.97. The molecular formula is C5H11NO. The highest BCUT2D eigenvalue weighted by atomic mass is 16.5. The van der Waals surface area contributed by atoms with Gasteiger partial charge < -0.3 is 10.1 Å². The molecule has 1 rings (SSSR count). The van der Waals surface area contributed by atoms with Crippen LogP contribution in [0.15, 0.2) is 0 Å². The average molecular weight is 101 g/mol. The van der Waals surface area contributed by atoms with Crippen LogP contribution < -0.4 is 5.32 Å². The predicted molar refractivity (Wildman–Crippen MR) is 28.3 cm³/mol. The lowest BCUT2D eigenvalue weighted by molar-refractivity contribution is 0.0231. The Kier molecular flexibility index (Phi) is 1.30. The number of methoxy groups -OCH3 is 1. The van der Waals surface area contributed by atoms with Crippen LogP contribution in [0.2, 0.25) is 0 Å². The smallest absolute Gasteiger partial charge is 0.0845 e. The molecular weight excluding hydrogens is 90.1 g/mol. The summed E-state index contributed by atoms with van der Waals surface area (Å²) in [7, 11) is 1.75. The normalized spacial score (nSPS) is 40.3. The fraction of sp³-hybridized carbons (Fsp3) is 1.00. The van der Waals surface area contributed by atoms with Gasteiger partial charge in [-0.2, -0.15) is 0 Å². The molecule has 0 bridgehead atoms. The van der Waals surface area contributed by atoms with E-state index in [4.69, 9.17) is 4.74 Å². The lowest BCUT2D eigenvalue weighted by atomic mass is 10.1. The van der Waals surface area contributed by atoms with Crippen molar-refractivity contribution in [2.75, 3.05) is 13.7 Å². The van der Waals surface area contributed by atoms with E-state index < -0.39 is 0 Å². The molecule has 0 spiro atoms. The van der Waals surface area contributed by atoms with Gasteiger partial charge in [-0.25, -0.2) is 0 Å². The minimum absolute atomic E-state index is 0.472. The molecule has 0 aromatic heterocycles. The van der Waals surface area contributed by atoms with Crippen molar-refractivity contribution in [3.63, 3.8) is 0 Å². The molecule has 0 unspecified atom stereocenters. The van der Waals surface area contributed by atoms with Gasteiger partial charge in [-0.1, -0.05) is 0 Å². The van der Waals surface area contributed by atoms with Gasteiger partial charge in [0.25, 0.3) is 0 Å². The van der Waals surface area contributed by atoms with Crippen LogP contribution in [-0.4, -0.2) is 25.8 Å². The third-order valence-corrected chi connectivity index (χ3v) is 1.50. The molecule has 0 aromatic carbocycles. The van der Waals surface area contributed by atoms with Crippen molar-refractivity contribution in [2.24, 2.45) is 0 Å². The van der Waals surface area contributed by atoms with E-state index in [-0.39, 0.29) is 0 Å². The van der Waals surface area contributed by atoms with Crippen LogP contribution in [0.5, 0.6) is 0 Å². The molecule has 1 heterocycles. The maximum Gasteiger partial charge on any atom is 0.0845 e. The van der Waals surface area contributed by atoms with Crippen molar-refractivity contribution in [3.8, 4) is 0 Å². The highest BCUT2D eigenvalue weighted by Gasteiger charge is 2.24. The first kappa shape index (κ1) is 5.06. The van der Waals surface area contributed by atoms with Gasteiger partial charge in [0, 0.05) is 19.7 Å². The standard InChI is InChI=1S/C5H11NO/c1-4-5(7-2)3-6-4/h4-6H,3H2,1-2H3/t4-,5+/m1/s1. The number of ether oxygens (including phenoxy) is 1. The largest absolute Gasteiger partial charge is 0.379 e. The first-order chi connectivity index (χ1) is 3.34. The van der Waals surface area contributed by atoms with E-state index >= 15 is 0 Å². The van der Waals surface area contributed by atoms with E-state index in [1.807, 2.05) is 0 Å². The van der Waals surface area contributed by atoms with Crippen LogP contribution >= 0.6 is 0 Å². The predicted octanol–water partition coefficient (Wildman–Crippen LogP) is -0.00690. The van der Waals surface area contributed by atoms with E-state index in [1.54, 1.807) is 7.11 Å². The van der Waals surface area contributed by atoms with Crippen molar-refractivity contribution in [1.29, 1.82) is 0 Å². The van der Waals surface area contributed by atoms with Crippen molar-refractivity contribution in [3.05, 3.63) is 0 Å². The zero-order chi connectivity index (χ0) is 5.28. The van der Waals surface area contributed by atoms with E-state index in [0.717, 1.165) is 6.54 Å². The third kappa shape index (κ3) is 0.763. The van der Waals surface area contributed by atoms with Crippen LogP contribution in [0.4, 0.5) is 0 Å². The summed E-state index contributed by atoms with van der Waals surface area (Å²) < 4.78 is 5.04. The molecule has 0 saturated carbocycles. The fourth-order valence-corrected chi connectivity index (χ4v) is 0.737. The number of hydrogen-bond acceptors (Lipinski definition) is 2. The molecule has 0 aromatic rings. The first-order valence-electron chi connectivity index (χ1n) is 2.61. The zero-order valence-electron chi connectivity index (χ0n) is 4.77. The number of rotatable bonds is 1. The van der Waals surface area contributed by atoms with Crippen molar-refractivity contribution in [2.45, 2.75) is 19.1 Å². The van der Waals surface area contributed by atoms with Crippen LogP contribution in [0.3, 0.4) is 0 Å². The van der Waals surface area contributed by atoms with Crippen LogP contribution in [0.1, 0.15) is 6.92 Å². The Balaban J connectivity index is 2.16. The summed E-state index contributed by atoms with van der Waals surface area (Å²) in [6, 6.07) is 0.574. The maximum absolute atomic E-state index is 5.04.